The molecule has 1 N–H and O–H groups in total. The molecule has 3 aromatic rings. The maximum atomic E-state index is 13.3. The molecule has 9 heteroatoms. The molecule has 6 nitrogen and oxygen atoms in total. The summed E-state index contributed by atoms with van der Waals surface area (Å²) in [5.74, 6) is -0.604. The summed E-state index contributed by atoms with van der Waals surface area (Å²) in [6.45, 7) is 4.12. The highest BCUT2D eigenvalue weighted by molar-refractivity contribution is 6.06. The van der Waals surface area contributed by atoms with Crippen LogP contribution >= 0.6 is 0 Å². The van der Waals surface area contributed by atoms with Gasteiger partial charge >= 0.3 is 6.18 Å². The van der Waals surface area contributed by atoms with Crippen LogP contribution in [0.25, 0.3) is 5.69 Å². The molecule has 0 bridgehead atoms. The Hall–Kier alpha value is -3.62. The monoisotopic (exact) mass is 442 g/mol. The van der Waals surface area contributed by atoms with Crippen molar-refractivity contribution in [3.8, 4) is 5.69 Å². The van der Waals surface area contributed by atoms with Crippen molar-refractivity contribution in [3.05, 3.63) is 71.0 Å². The number of nitrogens with zero attached hydrogens (tertiary/aromatic N) is 3. The van der Waals surface area contributed by atoms with E-state index in [-0.39, 0.29) is 17.2 Å². The van der Waals surface area contributed by atoms with E-state index in [1.807, 2.05) is 0 Å². The first-order valence-electron chi connectivity index (χ1n) is 10.1. The SMILES string of the molecule is Cc1cc(C)n(-c2ccc(C(F)(F)F)cc2NC(=O)c2cccc(N3CCCC3=O)c2)n1. The Labute approximate surface area is 182 Å². The zero-order valence-corrected chi connectivity index (χ0v) is 17.5. The van der Waals surface area contributed by atoms with E-state index in [2.05, 4.69) is 10.4 Å². The fourth-order valence-corrected chi connectivity index (χ4v) is 3.80. The number of halogens is 3. The standard InChI is InChI=1S/C23H21F3N4O2/c1-14-11-15(2)30(28-14)20-9-8-17(23(24,25)26)13-19(20)27-22(32)16-5-3-6-18(12-16)29-10-4-7-21(29)31/h3,5-6,8-9,11-13H,4,7,10H2,1-2H3,(H,27,32). The third-order valence-corrected chi connectivity index (χ3v) is 5.30. The number of hydrogen-bond acceptors (Lipinski definition) is 3. The van der Waals surface area contributed by atoms with Crippen LogP contribution < -0.4 is 10.2 Å². The number of carbonyl (C=O) groups is 2. The molecule has 0 aliphatic carbocycles. The third kappa shape index (κ3) is 4.23. The van der Waals surface area contributed by atoms with Gasteiger partial charge in [0.1, 0.15) is 0 Å². The highest BCUT2D eigenvalue weighted by atomic mass is 19.4. The van der Waals surface area contributed by atoms with E-state index in [0.29, 0.717) is 35.7 Å². The molecule has 2 amide bonds. The maximum Gasteiger partial charge on any atom is 0.416 e. The average Bonchev–Trinajstić information content (AvgIpc) is 3.31. The number of anilines is 2. The lowest BCUT2D eigenvalue weighted by atomic mass is 10.1. The van der Waals surface area contributed by atoms with Crippen molar-refractivity contribution in [2.75, 3.05) is 16.8 Å². The molecule has 1 aliphatic heterocycles. The third-order valence-electron chi connectivity index (χ3n) is 5.30. The zero-order chi connectivity index (χ0) is 23.0. The molecule has 0 atom stereocenters. The fourth-order valence-electron chi connectivity index (χ4n) is 3.80. The lowest BCUT2D eigenvalue weighted by Crippen LogP contribution is -2.24. The summed E-state index contributed by atoms with van der Waals surface area (Å²) in [5, 5.41) is 6.93. The highest BCUT2D eigenvalue weighted by Crippen LogP contribution is 2.34. The first-order chi connectivity index (χ1) is 15.1. The molecule has 2 heterocycles. The minimum absolute atomic E-state index is 0.0151. The zero-order valence-electron chi connectivity index (χ0n) is 17.5. The van der Waals surface area contributed by atoms with Gasteiger partial charge in [-0.2, -0.15) is 18.3 Å². The Morgan fingerprint density at radius 2 is 1.88 bits per heavy atom. The Bertz CT molecular complexity index is 1200. The number of benzene rings is 2. The number of aromatic nitrogens is 2. The molecule has 0 unspecified atom stereocenters. The van der Waals surface area contributed by atoms with E-state index < -0.39 is 17.6 Å². The smallest absolute Gasteiger partial charge is 0.320 e. The number of carbonyl (C=O) groups excluding carboxylic acids is 2. The second kappa shape index (κ2) is 8.14. The molecule has 0 spiro atoms. The van der Waals surface area contributed by atoms with Crippen molar-refractivity contribution in [1.29, 1.82) is 0 Å². The average molecular weight is 442 g/mol. The van der Waals surface area contributed by atoms with E-state index in [4.69, 9.17) is 0 Å². The van der Waals surface area contributed by atoms with Crippen molar-refractivity contribution in [2.45, 2.75) is 32.9 Å². The lowest BCUT2D eigenvalue weighted by Gasteiger charge is -2.18. The molecule has 1 aliphatic rings. The Balaban J connectivity index is 1.70. The van der Waals surface area contributed by atoms with Crippen molar-refractivity contribution >= 4 is 23.2 Å². The van der Waals surface area contributed by atoms with Gasteiger partial charge in [0.15, 0.2) is 0 Å². The Morgan fingerprint density at radius 3 is 2.50 bits per heavy atom. The summed E-state index contributed by atoms with van der Waals surface area (Å²) < 4.78 is 41.5. The number of rotatable bonds is 4. The van der Waals surface area contributed by atoms with E-state index >= 15 is 0 Å². The van der Waals surface area contributed by atoms with Gasteiger partial charge in [0.05, 0.1) is 22.6 Å². The molecular formula is C23H21F3N4O2. The number of aryl methyl sites for hydroxylation is 2. The van der Waals surface area contributed by atoms with Crippen LogP contribution in [-0.4, -0.2) is 28.1 Å². The molecule has 0 saturated carbocycles. The quantitative estimate of drug-likeness (QED) is 0.626. The van der Waals surface area contributed by atoms with E-state index in [9.17, 15) is 22.8 Å². The summed E-state index contributed by atoms with van der Waals surface area (Å²) in [4.78, 5) is 26.6. The van der Waals surface area contributed by atoms with Crippen molar-refractivity contribution < 1.29 is 22.8 Å². The topological polar surface area (TPSA) is 67.2 Å². The molecular weight excluding hydrogens is 421 g/mol. The summed E-state index contributed by atoms with van der Waals surface area (Å²) >= 11 is 0. The predicted molar refractivity (Wildman–Crippen MR) is 114 cm³/mol. The van der Waals surface area contributed by atoms with Gasteiger partial charge in [-0.1, -0.05) is 6.07 Å². The molecule has 1 aromatic heterocycles. The molecule has 32 heavy (non-hydrogen) atoms. The van der Waals surface area contributed by atoms with Gasteiger partial charge in [0.25, 0.3) is 5.91 Å². The van der Waals surface area contributed by atoms with E-state index in [1.54, 1.807) is 49.1 Å². The molecule has 166 valence electrons. The van der Waals surface area contributed by atoms with E-state index in [1.165, 1.54) is 10.7 Å². The van der Waals surface area contributed by atoms with Crippen LogP contribution in [0.2, 0.25) is 0 Å². The molecule has 1 saturated heterocycles. The molecule has 2 aromatic carbocycles. The van der Waals surface area contributed by atoms with Crippen LogP contribution in [0, 0.1) is 13.8 Å². The Morgan fingerprint density at radius 1 is 1.09 bits per heavy atom. The van der Waals surface area contributed by atoms with Crippen molar-refractivity contribution in [1.82, 2.24) is 9.78 Å². The largest absolute Gasteiger partial charge is 0.416 e. The molecule has 1 fully saturated rings. The predicted octanol–water partition coefficient (Wildman–Crippen LogP) is 4.89. The highest BCUT2D eigenvalue weighted by Gasteiger charge is 2.31. The second-order valence-corrected chi connectivity index (χ2v) is 7.72. The van der Waals surface area contributed by atoms with Crippen molar-refractivity contribution in [2.24, 2.45) is 0 Å². The molecule has 0 radical (unpaired) electrons. The number of amides is 2. The van der Waals surface area contributed by atoms with Crippen LogP contribution in [0.1, 0.15) is 40.2 Å². The first kappa shape index (κ1) is 21.6. The molecule has 4 rings (SSSR count). The minimum atomic E-state index is -4.57. The normalized spacial score (nSPS) is 14.2. The minimum Gasteiger partial charge on any atom is -0.320 e. The summed E-state index contributed by atoms with van der Waals surface area (Å²) in [5.41, 5.74) is 1.66. The second-order valence-electron chi connectivity index (χ2n) is 7.72. The van der Waals surface area contributed by atoms with Gasteiger partial charge in [-0.25, -0.2) is 4.68 Å². The van der Waals surface area contributed by atoms with Crippen LogP contribution in [-0.2, 0) is 11.0 Å². The van der Waals surface area contributed by atoms with E-state index in [0.717, 1.165) is 18.6 Å². The van der Waals surface area contributed by atoms with Gasteiger partial charge in [-0.3, -0.25) is 9.59 Å². The van der Waals surface area contributed by atoms with Crippen LogP contribution in [0.15, 0.2) is 48.5 Å². The van der Waals surface area contributed by atoms with Crippen LogP contribution in [0.4, 0.5) is 24.5 Å². The first-order valence-corrected chi connectivity index (χ1v) is 10.1. The van der Waals surface area contributed by atoms with Gasteiger partial charge in [0.2, 0.25) is 5.91 Å². The van der Waals surface area contributed by atoms with Gasteiger partial charge in [0, 0.05) is 29.9 Å². The van der Waals surface area contributed by atoms with Gasteiger partial charge in [-0.05, 0) is 62.7 Å². The summed E-state index contributed by atoms with van der Waals surface area (Å²) in [7, 11) is 0. The summed E-state index contributed by atoms with van der Waals surface area (Å²) in [6, 6.07) is 11.4. The number of alkyl halides is 3. The van der Waals surface area contributed by atoms with Gasteiger partial charge in [-0.15, -0.1) is 0 Å². The fraction of sp³-hybridized carbons (Fsp3) is 0.261. The van der Waals surface area contributed by atoms with Crippen LogP contribution in [0.5, 0.6) is 0 Å². The summed E-state index contributed by atoms with van der Waals surface area (Å²) in [6.07, 6.45) is -3.37. The Kier molecular flexibility index (Phi) is 5.50. The van der Waals surface area contributed by atoms with Crippen molar-refractivity contribution in [3.63, 3.8) is 0 Å². The van der Waals surface area contributed by atoms with Gasteiger partial charge < -0.3 is 10.2 Å². The maximum absolute atomic E-state index is 13.3. The lowest BCUT2D eigenvalue weighted by molar-refractivity contribution is -0.137. The number of nitrogens with one attached hydrogen (secondary N) is 1. The number of hydrogen-bond donors (Lipinski definition) is 1. The van der Waals surface area contributed by atoms with Crippen LogP contribution in [0.3, 0.4) is 0 Å².